The minimum Gasteiger partial charge on any atom is -0.491 e. The third-order valence-electron chi connectivity index (χ3n) is 3.62. The lowest BCUT2D eigenvalue weighted by atomic mass is 9.79. The Kier molecular flexibility index (Phi) is 4.27. The van der Waals surface area contributed by atoms with Crippen LogP contribution >= 0.6 is 0 Å². The summed E-state index contributed by atoms with van der Waals surface area (Å²) in [5, 5.41) is 2.64. The number of hydrogen-bond acceptors (Lipinski definition) is 3. The Bertz CT molecular complexity index is 503. The van der Waals surface area contributed by atoms with Crippen LogP contribution in [0.4, 0.5) is 13.2 Å². The first-order valence-electron chi connectivity index (χ1n) is 6.85. The van der Waals surface area contributed by atoms with Crippen molar-refractivity contribution in [2.75, 3.05) is 13.1 Å². The average Bonchev–Trinajstić information content (AvgIpc) is 2.88. The van der Waals surface area contributed by atoms with Crippen LogP contribution in [0.3, 0.4) is 0 Å². The summed E-state index contributed by atoms with van der Waals surface area (Å²) in [6.45, 7) is 3.53. The summed E-state index contributed by atoms with van der Waals surface area (Å²) >= 11 is 0. The quantitative estimate of drug-likeness (QED) is 0.868. The van der Waals surface area contributed by atoms with Crippen molar-refractivity contribution in [3.05, 3.63) is 29.8 Å². The van der Waals surface area contributed by atoms with Gasteiger partial charge in [0.2, 0.25) is 0 Å². The molecule has 0 aromatic heterocycles. The third-order valence-corrected chi connectivity index (χ3v) is 3.62. The van der Waals surface area contributed by atoms with Crippen molar-refractivity contribution >= 4 is 5.78 Å². The van der Waals surface area contributed by atoms with Crippen LogP contribution in [-0.4, -0.2) is 31.2 Å². The number of rotatable bonds is 4. The molecule has 0 aliphatic carbocycles. The van der Waals surface area contributed by atoms with Crippen LogP contribution < -0.4 is 10.1 Å². The van der Waals surface area contributed by atoms with Crippen molar-refractivity contribution in [3.8, 4) is 5.75 Å². The van der Waals surface area contributed by atoms with Crippen molar-refractivity contribution in [1.82, 2.24) is 5.32 Å². The number of carbonyl (C=O) groups excluding carboxylic acids is 1. The van der Waals surface area contributed by atoms with Gasteiger partial charge in [-0.25, -0.2) is 0 Å². The summed E-state index contributed by atoms with van der Waals surface area (Å²) < 4.78 is 45.4. The monoisotopic (exact) mass is 301 g/mol. The van der Waals surface area contributed by atoms with Gasteiger partial charge in [-0.15, -0.1) is 0 Å². The molecule has 1 atom stereocenters. The van der Waals surface area contributed by atoms with E-state index in [4.69, 9.17) is 4.74 Å². The highest BCUT2D eigenvalue weighted by Crippen LogP contribution is 2.45. The third kappa shape index (κ3) is 3.05. The van der Waals surface area contributed by atoms with Gasteiger partial charge in [0.05, 0.1) is 6.10 Å². The zero-order valence-electron chi connectivity index (χ0n) is 12.0. The zero-order chi connectivity index (χ0) is 15.7. The molecule has 1 saturated heterocycles. The minimum atomic E-state index is -4.55. The molecule has 6 heteroatoms. The van der Waals surface area contributed by atoms with Crippen LogP contribution in [0.5, 0.6) is 5.75 Å². The maximum absolute atomic E-state index is 13.3. The molecule has 0 amide bonds. The second-order valence-electron chi connectivity index (χ2n) is 5.53. The number of ether oxygens (including phenoxy) is 1. The van der Waals surface area contributed by atoms with Gasteiger partial charge < -0.3 is 10.1 Å². The van der Waals surface area contributed by atoms with E-state index < -0.39 is 17.4 Å². The fourth-order valence-electron chi connectivity index (χ4n) is 2.49. The Labute approximate surface area is 121 Å². The van der Waals surface area contributed by atoms with E-state index in [0.29, 0.717) is 5.75 Å². The number of nitrogens with one attached hydrogen (secondary N) is 1. The van der Waals surface area contributed by atoms with Crippen LogP contribution in [0.25, 0.3) is 0 Å². The van der Waals surface area contributed by atoms with Crippen LogP contribution in [0, 0.1) is 5.41 Å². The van der Waals surface area contributed by atoms with E-state index in [-0.39, 0.29) is 31.2 Å². The topological polar surface area (TPSA) is 38.3 Å². The summed E-state index contributed by atoms with van der Waals surface area (Å²) in [6.07, 6.45) is -4.81. The summed E-state index contributed by atoms with van der Waals surface area (Å²) in [7, 11) is 0. The van der Waals surface area contributed by atoms with Crippen LogP contribution in [-0.2, 0) is 0 Å². The predicted octanol–water partition coefficient (Wildman–Crippen LogP) is 3.20. The molecule has 0 spiro atoms. The van der Waals surface area contributed by atoms with Crippen molar-refractivity contribution < 1.29 is 22.7 Å². The predicted molar refractivity (Wildman–Crippen MR) is 72.5 cm³/mol. The molecule has 21 heavy (non-hydrogen) atoms. The van der Waals surface area contributed by atoms with Gasteiger partial charge in [0.25, 0.3) is 0 Å². The van der Waals surface area contributed by atoms with Crippen molar-refractivity contribution in [2.45, 2.75) is 32.5 Å². The molecular formula is C15H18F3NO2. The molecule has 1 N–H and O–H groups in total. The molecule has 0 radical (unpaired) electrons. The number of benzene rings is 1. The van der Waals surface area contributed by atoms with Crippen molar-refractivity contribution in [3.63, 3.8) is 0 Å². The molecule has 0 saturated carbocycles. The number of carbonyl (C=O) groups is 1. The number of hydrogen-bond donors (Lipinski definition) is 1. The first-order chi connectivity index (χ1) is 9.76. The lowest BCUT2D eigenvalue weighted by molar-refractivity contribution is -0.197. The lowest BCUT2D eigenvalue weighted by Gasteiger charge is -2.29. The Morgan fingerprint density at radius 1 is 1.29 bits per heavy atom. The second kappa shape index (κ2) is 5.67. The number of Topliss-reactive ketones (excluding diaryl/α,β-unsaturated/α-hetero) is 1. The summed E-state index contributed by atoms with van der Waals surface area (Å²) in [5.41, 5.74) is -2.25. The molecule has 1 unspecified atom stereocenters. The van der Waals surface area contributed by atoms with Gasteiger partial charge >= 0.3 is 6.18 Å². The van der Waals surface area contributed by atoms with E-state index in [0.717, 1.165) is 0 Å². The first-order valence-corrected chi connectivity index (χ1v) is 6.85. The van der Waals surface area contributed by atoms with E-state index in [9.17, 15) is 18.0 Å². The normalized spacial score (nSPS) is 22.6. The maximum atomic E-state index is 13.3. The molecule has 116 valence electrons. The van der Waals surface area contributed by atoms with Gasteiger partial charge in [-0.1, -0.05) is 0 Å². The smallest absolute Gasteiger partial charge is 0.402 e. The minimum absolute atomic E-state index is 0.0351. The van der Waals surface area contributed by atoms with Crippen molar-refractivity contribution in [2.24, 2.45) is 5.41 Å². The highest BCUT2D eigenvalue weighted by atomic mass is 19.4. The molecule has 3 nitrogen and oxygen atoms in total. The largest absolute Gasteiger partial charge is 0.491 e. The Hall–Kier alpha value is -1.56. The maximum Gasteiger partial charge on any atom is 0.402 e. The molecule has 0 bridgehead atoms. The summed E-state index contributed by atoms with van der Waals surface area (Å²) in [5.74, 6) is -0.344. The van der Waals surface area contributed by atoms with Gasteiger partial charge in [0.15, 0.2) is 5.78 Å². The molecule has 1 fully saturated rings. The summed E-state index contributed by atoms with van der Waals surface area (Å²) in [4.78, 5) is 12.3. The van der Waals surface area contributed by atoms with Crippen LogP contribution in [0.15, 0.2) is 24.3 Å². The SMILES string of the molecule is CC(C)Oc1ccc(C(=O)C2(C(F)(F)F)CCNC2)cc1. The number of alkyl halides is 3. The van der Waals surface area contributed by atoms with E-state index >= 15 is 0 Å². The molecule has 1 aromatic rings. The second-order valence-corrected chi connectivity index (χ2v) is 5.53. The van der Waals surface area contributed by atoms with Gasteiger partial charge in [-0.2, -0.15) is 13.2 Å². The highest BCUT2D eigenvalue weighted by Gasteiger charge is 2.61. The van der Waals surface area contributed by atoms with Crippen LogP contribution in [0.2, 0.25) is 0 Å². The van der Waals surface area contributed by atoms with Crippen LogP contribution in [0.1, 0.15) is 30.6 Å². The Morgan fingerprint density at radius 2 is 1.90 bits per heavy atom. The van der Waals surface area contributed by atoms with Gasteiger partial charge in [0.1, 0.15) is 11.2 Å². The molecule has 1 aromatic carbocycles. The van der Waals surface area contributed by atoms with E-state index in [1.165, 1.54) is 24.3 Å². The molecule has 1 aliphatic rings. The fraction of sp³-hybridized carbons (Fsp3) is 0.533. The van der Waals surface area contributed by atoms with E-state index in [1.807, 2.05) is 13.8 Å². The van der Waals surface area contributed by atoms with E-state index in [2.05, 4.69) is 5.32 Å². The summed E-state index contributed by atoms with van der Waals surface area (Å²) in [6, 6.07) is 5.84. The lowest BCUT2D eigenvalue weighted by Crippen LogP contribution is -2.46. The zero-order valence-corrected chi connectivity index (χ0v) is 12.0. The fourth-order valence-corrected chi connectivity index (χ4v) is 2.49. The van der Waals surface area contributed by atoms with Crippen molar-refractivity contribution in [1.29, 1.82) is 0 Å². The Balaban J connectivity index is 2.26. The highest BCUT2D eigenvalue weighted by molar-refractivity contribution is 6.01. The van der Waals surface area contributed by atoms with Gasteiger partial charge in [-0.05, 0) is 51.1 Å². The van der Waals surface area contributed by atoms with Gasteiger partial charge in [-0.3, -0.25) is 4.79 Å². The van der Waals surface area contributed by atoms with E-state index in [1.54, 1.807) is 0 Å². The average molecular weight is 301 g/mol. The molecular weight excluding hydrogens is 283 g/mol. The number of halogens is 3. The standard InChI is InChI=1S/C15H18F3NO2/c1-10(2)21-12-5-3-11(4-6-12)13(20)14(15(16,17)18)7-8-19-9-14/h3-6,10,19H,7-9H2,1-2H3. The molecule has 1 aliphatic heterocycles. The molecule has 1 heterocycles. The Morgan fingerprint density at radius 3 is 2.33 bits per heavy atom. The first kappa shape index (κ1) is 15.8. The van der Waals surface area contributed by atoms with Gasteiger partial charge in [0, 0.05) is 12.1 Å². The molecule has 2 rings (SSSR count). The number of ketones is 1.